The fourth-order valence-corrected chi connectivity index (χ4v) is 3.69. The van der Waals surface area contributed by atoms with E-state index in [0.29, 0.717) is 11.7 Å². The van der Waals surface area contributed by atoms with E-state index in [1.807, 2.05) is 6.07 Å². The van der Waals surface area contributed by atoms with Crippen LogP contribution in [0, 0.1) is 12.8 Å². The third-order valence-corrected chi connectivity index (χ3v) is 5.19. The van der Waals surface area contributed by atoms with Crippen molar-refractivity contribution in [2.24, 2.45) is 5.92 Å². The number of rotatable bonds is 6. The zero-order valence-corrected chi connectivity index (χ0v) is 14.3. The molecule has 1 atom stereocenters. The summed E-state index contributed by atoms with van der Waals surface area (Å²) >= 11 is 3.28. The number of nitrogens with one attached hydrogen (secondary N) is 1. The molecule has 0 aliphatic rings. The molecule has 0 spiro atoms. The molecule has 2 aromatic rings. The number of thioether (sulfide) groups is 1. The molecule has 4 heteroatoms. The van der Waals surface area contributed by atoms with Gasteiger partial charge in [0.25, 0.3) is 0 Å². The second kappa shape index (κ2) is 7.66. The normalized spacial score (nSPS) is 12.4. The smallest absolute Gasteiger partial charge is 0.230 e. The number of amides is 1. The van der Waals surface area contributed by atoms with Crippen LogP contribution in [0.25, 0.3) is 0 Å². The van der Waals surface area contributed by atoms with Crippen LogP contribution in [-0.4, -0.2) is 11.7 Å². The lowest BCUT2D eigenvalue weighted by Crippen LogP contribution is -2.32. The van der Waals surface area contributed by atoms with Gasteiger partial charge in [0, 0.05) is 9.77 Å². The highest BCUT2D eigenvalue weighted by atomic mass is 32.2. The summed E-state index contributed by atoms with van der Waals surface area (Å²) in [5, 5.41) is 5.20. The fourth-order valence-electron chi connectivity index (χ4n) is 2.03. The van der Waals surface area contributed by atoms with Gasteiger partial charge in [-0.2, -0.15) is 0 Å². The first-order valence-corrected chi connectivity index (χ1v) is 8.95. The van der Waals surface area contributed by atoms with Gasteiger partial charge in [0.2, 0.25) is 5.91 Å². The number of hydrogen-bond acceptors (Lipinski definition) is 3. The molecule has 0 bridgehead atoms. The van der Waals surface area contributed by atoms with Crippen LogP contribution in [0.4, 0.5) is 0 Å². The van der Waals surface area contributed by atoms with Crippen molar-refractivity contribution >= 4 is 29.0 Å². The van der Waals surface area contributed by atoms with Crippen LogP contribution in [0.5, 0.6) is 0 Å². The van der Waals surface area contributed by atoms with E-state index < -0.39 is 0 Å². The molecule has 2 nitrogen and oxygen atoms in total. The lowest BCUT2D eigenvalue weighted by Gasteiger charge is -2.21. The van der Waals surface area contributed by atoms with Crippen LogP contribution in [0.3, 0.4) is 0 Å². The Morgan fingerprint density at radius 1 is 1.24 bits per heavy atom. The minimum absolute atomic E-state index is 0.0904. The Labute approximate surface area is 135 Å². The van der Waals surface area contributed by atoms with Gasteiger partial charge in [0.05, 0.1) is 11.8 Å². The maximum Gasteiger partial charge on any atom is 0.230 e. The molecule has 0 saturated heterocycles. The third-order valence-electron chi connectivity index (χ3n) is 3.22. The van der Waals surface area contributed by atoms with E-state index in [2.05, 4.69) is 61.8 Å². The zero-order valence-electron chi connectivity index (χ0n) is 12.6. The summed E-state index contributed by atoms with van der Waals surface area (Å²) in [6, 6.07) is 12.5. The van der Waals surface area contributed by atoms with Crippen LogP contribution in [-0.2, 0) is 4.79 Å². The molecule has 1 amide bonds. The van der Waals surface area contributed by atoms with Gasteiger partial charge in [-0.05, 0) is 36.4 Å². The maximum absolute atomic E-state index is 12.2. The maximum atomic E-state index is 12.2. The molecular formula is C17H21NOS2. The third kappa shape index (κ3) is 4.90. The summed E-state index contributed by atoms with van der Waals surface area (Å²) in [6.45, 7) is 6.34. The second-order valence-corrected chi connectivity index (χ2v) is 7.43. The number of aryl methyl sites for hydroxylation is 1. The van der Waals surface area contributed by atoms with Crippen molar-refractivity contribution in [2.75, 3.05) is 5.75 Å². The molecule has 21 heavy (non-hydrogen) atoms. The summed E-state index contributed by atoms with van der Waals surface area (Å²) in [7, 11) is 0. The van der Waals surface area contributed by atoms with Crippen molar-refractivity contribution < 1.29 is 4.79 Å². The van der Waals surface area contributed by atoms with E-state index in [1.165, 1.54) is 10.4 Å². The molecule has 0 aliphatic heterocycles. The van der Waals surface area contributed by atoms with Crippen molar-refractivity contribution in [3.8, 4) is 0 Å². The summed E-state index contributed by atoms with van der Waals surface area (Å²) < 4.78 is 0. The van der Waals surface area contributed by atoms with Crippen LogP contribution in [0.2, 0.25) is 0 Å². The lowest BCUT2D eigenvalue weighted by atomic mass is 10.0. The van der Waals surface area contributed by atoms with Crippen molar-refractivity contribution in [3.63, 3.8) is 0 Å². The molecule has 0 unspecified atom stereocenters. The summed E-state index contributed by atoms with van der Waals surface area (Å²) in [6.07, 6.45) is 0. The minimum Gasteiger partial charge on any atom is -0.347 e. The van der Waals surface area contributed by atoms with E-state index in [4.69, 9.17) is 0 Å². The largest absolute Gasteiger partial charge is 0.347 e. The van der Waals surface area contributed by atoms with Crippen LogP contribution in [0.1, 0.15) is 30.3 Å². The SMILES string of the molecule is Cc1ccc(SCC(=O)N[C@@H](c2cccs2)C(C)C)cc1. The van der Waals surface area contributed by atoms with Crippen molar-refractivity contribution in [1.29, 1.82) is 0 Å². The number of thiophene rings is 1. The van der Waals surface area contributed by atoms with Gasteiger partial charge in [-0.15, -0.1) is 23.1 Å². The Balaban J connectivity index is 1.89. The average Bonchev–Trinajstić information content (AvgIpc) is 2.97. The van der Waals surface area contributed by atoms with E-state index >= 15 is 0 Å². The molecular weight excluding hydrogens is 298 g/mol. The highest BCUT2D eigenvalue weighted by Crippen LogP contribution is 2.26. The van der Waals surface area contributed by atoms with Crippen molar-refractivity contribution in [3.05, 3.63) is 52.2 Å². The van der Waals surface area contributed by atoms with Gasteiger partial charge in [-0.1, -0.05) is 37.6 Å². The van der Waals surface area contributed by atoms with Gasteiger partial charge < -0.3 is 5.32 Å². The topological polar surface area (TPSA) is 29.1 Å². The first kappa shape index (κ1) is 16.1. The Morgan fingerprint density at radius 2 is 1.95 bits per heavy atom. The Kier molecular flexibility index (Phi) is 5.88. The standard InChI is InChI=1S/C17H21NOS2/c1-12(2)17(15-5-4-10-20-15)18-16(19)11-21-14-8-6-13(3)7-9-14/h4-10,12,17H,11H2,1-3H3,(H,18,19)/t17-/m1/s1. The van der Waals surface area contributed by atoms with E-state index in [-0.39, 0.29) is 11.9 Å². The minimum atomic E-state index is 0.0904. The molecule has 0 aliphatic carbocycles. The van der Waals surface area contributed by atoms with Crippen molar-refractivity contribution in [1.82, 2.24) is 5.32 Å². The number of carbonyl (C=O) groups is 1. The first-order chi connectivity index (χ1) is 10.1. The molecule has 0 radical (unpaired) electrons. The Hall–Kier alpha value is -1.26. The van der Waals surface area contributed by atoms with Crippen LogP contribution < -0.4 is 5.32 Å². The Bertz CT molecular complexity index is 561. The molecule has 2 rings (SSSR count). The molecule has 112 valence electrons. The van der Waals surface area contributed by atoms with Gasteiger partial charge in [0.1, 0.15) is 0 Å². The number of benzene rings is 1. The molecule has 1 N–H and O–H groups in total. The van der Waals surface area contributed by atoms with Gasteiger partial charge in [0.15, 0.2) is 0 Å². The fraction of sp³-hybridized carbons (Fsp3) is 0.353. The van der Waals surface area contributed by atoms with Crippen LogP contribution >= 0.6 is 23.1 Å². The monoisotopic (exact) mass is 319 g/mol. The Morgan fingerprint density at radius 3 is 2.52 bits per heavy atom. The van der Waals surface area contributed by atoms with Crippen LogP contribution in [0.15, 0.2) is 46.7 Å². The highest BCUT2D eigenvalue weighted by Gasteiger charge is 2.19. The lowest BCUT2D eigenvalue weighted by molar-refractivity contribution is -0.119. The van der Waals surface area contributed by atoms with Gasteiger partial charge in [-0.25, -0.2) is 0 Å². The molecule has 0 saturated carbocycles. The summed E-state index contributed by atoms with van der Waals surface area (Å²) in [5.41, 5.74) is 1.24. The molecule has 0 fully saturated rings. The van der Waals surface area contributed by atoms with E-state index in [0.717, 1.165) is 4.90 Å². The molecule has 1 aromatic carbocycles. The second-order valence-electron chi connectivity index (χ2n) is 5.41. The number of hydrogen-bond donors (Lipinski definition) is 1. The van der Waals surface area contributed by atoms with Gasteiger partial charge in [-0.3, -0.25) is 4.79 Å². The van der Waals surface area contributed by atoms with Gasteiger partial charge >= 0.3 is 0 Å². The average molecular weight is 319 g/mol. The zero-order chi connectivity index (χ0) is 15.2. The van der Waals surface area contributed by atoms with E-state index in [9.17, 15) is 4.79 Å². The highest BCUT2D eigenvalue weighted by molar-refractivity contribution is 8.00. The summed E-state index contributed by atoms with van der Waals surface area (Å²) in [5.74, 6) is 0.933. The number of carbonyl (C=O) groups excluding carboxylic acids is 1. The first-order valence-electron chi connectivity index (χ1n) is 7.08. The predicted molar refractivity (Wildman–Crippen MR) is 91.9 cm³/mol. The summed E-state index contributed by atoms with van der Waals surface area (Å²) in [4.78, 5) is 14.5. The quantitative estimate of drug-likeness (QED) is 0.784. The van der Waals surface area contributed by atoms with Crippen molar-refractivity contribution in [2.45, 2.75) is 31.7 Å². The predicted octanol–water partition coefficient (Wildman–Crippen LogP) is 4.66. The van der Waals surface area contributed by atoms with E-state index in [1.54, 1.807) is 23.1 Å². The molecule has 1 heterocycles. The molecule has 1 aromatic heterocycles.